The van der Waals surface area contributed by atoms with Crippen LogP contribution in [0.3, 0.4) is 0 Å². The van der Waals surface area contributed by atoms with Crippen LogP contribution in [0.1, 0.15) is 40.0 Å². The number of anilines is 1. The van der Waals surface area contributed by atoms with E-state index >= 15 is 0 Å². The van der Waals surface area contributed by atoms with Crippen LogP contribution in [0.5, 0.6) is 11.6 Å². The molecule has 8 heteroatoms. The zero-order chi connectivity index (χ0) is 23.4. The van der Waals surface area contributed by atoms with E-state index in [4.69, 9.17) is 4.74 Å². The van der Waals surface area contributed by atoms with Crippen molar-refractivity contribution in [1.29, 1.82) is 0 Å². The summed E-state index contributed by atoms with van der Waals surface area (Å²) < 4.78 is 5.21. The van der Waals surface area contributed by atoms with Gasteiger partial charge in [-0.3, -0.25) is 4.90 Å². The van der Waals surface area contributed by atoms with Crippen LogP contribution in [0.2, 0.25) is 0 Å². The summed E-state index contributed by atoms with van der Waals surface area (Å²) in [7, 11) is 3.86. The van der Waals surface area contributed by atoms with Crippen LogP contribution in [0.15, 0.2) is 36.5 Å². The third-order valence-electron chi connectivity index (χ3n) is 8.23. The lowest BCUT2D eigenvalue weighted by atomic mass is 9.75. The second-order valence-electron chi connectivity index (χ2n) is 9.89. The molecule has 1 aromatic carbocycles. The van der Waals surface area contributed by atoms with Gasteiger partial charge in [-0.25, -0.2) is 4.98 Å². The van der Waals surface area contributed by atoms with Crippen molar-refractivity contribution in [3.8, 4) is 33.3 Å². The number of hydrogen-bond acceptors (Lipinski definition) is 8. The van der Waals surface area contributed by atoms with Gasteiger partial charge in [0.1, 0.15) is 5.75 Å². The lowest BCUT2D eigenvalue weighted by molar-refractivity contribution is -0.00796. The summed E-state index contributed by atoms with van der Waals surface area (Å²) in [6.45, 7) is 7.11. The second-order valence-corrected chi connectivity index (χ2v) is 10.9. The predicted octanol–water partition coefficient (Wildman–Crippen LogP) is 5.04. The fraction of sp³-hybridized carbons (Fsp3) is 0.480. The fourth-order valence-electron chi connectivity index (χ4n) is 5.65. The number of piperidine rings is 1. The van der Waals surface area contributed by atoms with Gasteiger partial charge in [-0.2, -0.15) is 0 Å². The number of hydrogen-bond donors (Lipinski definition) is 2. The number of nitrogens with zero attached hydrogens (tertiary/aromatic N) is 4. The van der Waals surface area contributed by atoms with Gasteiger partial charge in [0.25, 0.3) is 0 Å². The Kier molecular flexibility index (Phi) is 5.33. The molecule has 2 N–H and O–H groups in total. The highest BCUT2D eigenvalue weighted by molar-refractivity contribution is 7.18. The highest BCUT2D eigenvalue weighted by Crippen LogP contribution is 2.52. The molecule has 0 spiro atoms. The van der Waals surface area contributed by atoms with E-state index in [2.05, 4.69) is 53.2 Å². The van der Waals surface area contributed by atoms with Crippen molar-refractivity contribution < 1.29 is 9.84 Å². The van der Waals surface area contributed by atoms with E-state index < -0.39 is 0 Å². The van der Waals surface area contributed by atoms with Crippen LogP contribution in [-0.2, 0) is 0 Å². The zero-order valence-corrected chi connectivity index (χ0v) is 20.6. The number of pyridine rings is 1. The molecule has 3 aromatic rings. The lowest BCUT2D eigenvalue weighted by Crippen LogP contribution is -2.62. The van der Waals surface area contributed by atoms with E-state index in [1.54, 1.807) is 19.4 Å². The van der Waals surface area contributed by atoms with Crippen LogP contribution in [0, 0.1) is 5.92 Å². The standard InChI is InChI=1S/C25H31N5O2S/c1-15-19(14-24(2)9-10-25(15,3)30(24)4)27-23-29-28-22(33-23)18-7-6-16(12-20(18)31)17-8-11-26-21(13-17)32-5/h6-8,11-13,15,19,31H,9-10,14H2,1-5H3,(H,27,29). The number of aromatic hydroxyl groups is 1. The summed E-state index contributed by atoms with van der Waals surface area (Å²) in [6.07, 6.45) is 5.24. The first-order chi connectivity index (χ1) is 15.7. The number of fused-ring (bicyclic) bond motifs is 2. The monoisotopic (exact) mass is 465 g/mol. The zero-order valence-electron chi connectivity index (χ0n) is 19.8. The number of rotatable bonds is 5. The van der Waals surface area contributed by atoms with Crippen molar-refractivity contribution >= 4 is 16.5 Å². The van der Waals surface area contributed by atoms with E-state index in [0.717, 1.165) is 22.7 Å². The molecule has 0 saturated carbocycles. The van der Waals surface area contributed by atoms with Crippen molar-refractivity contribution in [3.05, 3.63) is 36.5 Å². The maximum absolute atomic E-state index is 10.7. The second kappa shape index (κ2) is 7.95. The van der Waals surface area contributed by atoms with Crippen LogP contribution in [0.4, 0.5) is 5.13 Å². The first-order valence-electron chi connectivity index (χ1n) is 11.4. The van der Waals surface area contributed by atoms with E-state index in [0.29, 0.717) is 28.4 Å². The number of nitrogens with one attached hydrogen (secondary N) is 1. The Morgan fingerprint density at radius 2 is 1.94 bits per heavy atom. The summed E-state index contributed by atoms with van der Waals surface area (Å²) in [6, 6.07) is 9.69. The van der Waals surface area contributed by atoms with Gasteiger partial charge < -0.3 is 15.2 Å². The maximum Gasteiger partial charge on any atom is 0.213 e. The third kappa shape index (κ3) is 3.65. The van der Waals surface area contributed by atoms with E-state index in [1.807, 2.05) is 24.3 Å². The average Bonchev–Trinajstić information content (AvgIpc) is 3.34. The highest BCUT2D eigenvalue weighted by Gasteiger charge is 2.57. The van der Waals surface area contributed by atoms with Crippen LogP contribution >= 0.6 is 11.3 Å². The largest absolute Gasteiger partial charge is 0.507 e. The average molecular weight is 466 g/mol. The number of phenolic OH excluding ortho intramolecular Hbond substituents is 1. The quantitative estimate of drug-likeness (QED) is 0.546. The number of methoxy groups -OCH3 is 1. The number of benzene rings is 1. The van der Waals surface area contributed by atoms with E-state index in [-0.39, 0.29) is 16.8 Å². The molecule has 7 nitrogen and oxygen atoms in total. The number of ether oxygens (including phenoxy) is 1. The van der Waals surface area contributed by atoms with Crippen LogP contribution in [0.25, 0.3) is 21.7 Å². The molecule has 4 heterocycles. The molecule has 33 heavy (non-hydrogen) atoms. The minimum atomic E-state index is 0.178. The first kappa shape index (κ1) is 22.1. The van der Waals surface area contributed by atoms with Crippen LogP contribution in [-0.4, -0.2) is 56.5 Å². The highest BCUT2D eigenvalue weighted by atomic mass is 32.1. The maximum atomic E-state index is 10.7. The van der Waals surface area contributed by atoms with Gasteiger partial charge in [-0.05, 0) is 75.4 Å². The number of aromatic nitrogens is 3. The Morgan fingerprint density at radius 3 is 2.70 bits per heavy atom. The Labute approximate surface area is 198 Å². The normalized spacial score (nSPS) is 29.2. The van der Waals surface area contributed by atoms with Gasteiger partial charge in [-0.15, -0.1) is 10.2 Å². The Morgan fingerprint density at radius 1 is 1.15 bits per heavy atom. The Bertz CT molecular complexity index is 1180. The minimum Gasteiger partial charge on any atom is -0.507 e. The van der Waals surface area contributed by atoms with Crippen molar-refractivity contribution in [2.75, 3.05) is 19.5 Å². The molecule has 4 unspecified atom stereocenters. The van der Waals surface area contributed by atoms with Gasteiger partial charge >= 0.3 is 0 Å². The molecule has 2 fully saturated rings. The molecule has 0 radical (unpaired) electrons. The van der Waals surface area contributed by atoms with Gasteiger partial charge in [0.15, 0.2) is 5.01 Å². The van der Waals surface area contributed by atoms with Crippen molar-refractivity contribution in [2.45, 2.75) is 57.2 Å². The molecule has 0 aliphatic carbocycles. The summed E-state index contributed by atoms with van der Waals surface area (Å²) in [5.74, 6) is 1.21. The minimum absolute atomic E-state index is 0.178. The Balaban J connectivity index is 1.36. The van der Waals surface area contributed by atoms with Crippen LogP contribution < -0.4 is 10.1 Å². The Hall–Kier alpha value is -2.71. The lowest BCUT2D eigenvalue weighted by Gasteiger charge is -2.53. The molecule has 2 bridgehead atoms. The van der Waals surface area contributed by atoms with E-state index in [1.165, 1.54) is 24.2 Å². The SMILES string of the molecule is COc1cc(-c2ccc(-c3nnc(NC4CC5(C)CCC(C)(C4C)N5C)s3)c(O)c2)ccn1. The molecule has 2 aliphatic heterocycles. The molecule has 2 aromatic heterocycles. The molecule has 2 saturated heterocycles. The van der Waals surface area contributed by atoms with Crippen molar-refractivity contribution in [2.24, 2.45) is 5.92 Å². The topological polar surface area (TPSA) is 83.4 Å². The summed E-state index contributed by atoms with van der Waals surface area (Å²) in [4.78, 5) is 6.73. The van der Waals surface area contributed by atoms with Crippen molar-refractivity contribution in [1.82, 2.24) is 20.1 Å². The molecule has 2 aliphatic rings. The molecule has 0 amide bonds. The molecular weight excluding hydrogens is 434 g/mol. The summed E-state index contributed by atoms with van der Waals surface area (Å²) >= 11 is 1.49. The predicted molar refractivity (Wildman–Crippen MR) is 132 cm³/mol. The molecule has 5 rings (SSSR count). The van der Waals surface area contributed by atoms with Crippen molar-refractivity contribution in [3.63, 3.8) is 0 Å². The fourth-order valence-corrected chi connectivity index (χ4v) is 6.49. The van der Waals surface area contributed by atoms with Gasteiger partial charge in [0.05, 0.1) is 12.7 Å². The third-order valence-corrected chi connectivity index (χ3v) is 9.12. The van der Waals surface area contributed by atoms with Gasteiger partial charge in [0, 0.05) is 29.4 Å². The van der Waals surface area contributed by atoms with Gasteiger partial charge in [-0.1, -0.05) is 24.3 Å². The summed E-state index contributed by atoms with van der Waals surface area (Å²) in [5.41, 5.74) is 2.91. The number of phenols is 1. The molecule has 4 atom stereocenters. The first-order valence-corrected chi connectivity index (χ1v) is 12.2. The molecular formula is C25H31N5O2S. The summed E-state index contributed by atoms with van der Waals surface area (Å²) in [5, 5.41) is 24.7. The van der Waals surface area contributed by atoms with Gasteiger partial charge in [0.2, 0.25) is 11.0 Å². The van der Waals surface area contributed by atoms with E-state index in [9.17, 15) is 5.11 Å². The molecule has 174 valence electrons. The smallest absolute Gasteiger partial charge is 0.213 e.